The van der Waals surface area contributed by atoms with Crippen molar-refractivity contribution in [2.45, 2.75) is 30.8 Å². The molecule has 5 rings (SSSR count). The van der Waals surface area contributed by atoms with E-state index in [1.807, 2.05) is 55.6 Å². The van der Waals surface area contributed by atoms with Gasteiger partial charge >= 0.3 is 0 Å². The Bertz CT molecular complexity index is 1420. The first kappa shape index (κ1) is 24.1. The van der Waals surface area contributed by atoms with Gasteiger partial charge in [-0.25, -0.2) is 9.07 Å². The van der Waals surface area contributed by atoms with E-state index >= 15 is 0 Å². The molecule has 1 unspecified atom stereocenters. The number of carbonyl (C=O) groups is 1. The lowest BCUT2D eigenvalue weighted by Crippen LogP contribution is -2.31. The van der Waals surface area contributed by atoms with Crippen LogP contribution in [0, 0.1) is 5.82 Å². The Morgan fingerprint density at radius 3 is 2.78 bits per heavy atom. The van der Waals surface area contributed by atoms with E-state index < -0.39 is 6.04 Å². The van der Waals surface area contributed by atoms with Crippen molar-refractivity contribution in [1.82, 2.24) is 14.8 Å². The van der Waals surface area contributed by atoms with E-state index in [0.717, 1.165) is 4.88 Å². The van der Waals surface area contributed by atoms with Crippen molar-refractivity contribution in [2.75, 3.05) is 17.2 Å². The third-order valence-corrected chi connectivity index (χ3v) is 7.45. The quantitative estimate of drug-likeness (QED) is 0.273. The lowest BCUT2D eigenvalue weighted by molar-refractivity contribution is -0.113. The van der Waals surface area contributed by atoms with Gasteiger partial charge in [-0.3, -0.25) is 4.79 Å². The number of carbonyl (C=O) groups excluding carboxylic acids is 1. The van der Waals surface area contributed by atoms with Crippen molar-refractivity contribution in [1.29, 1.82) is 0 Å². The predicted molar refractivity (Wildman–Crippen MR) is 141 cm³/mol. The van der Waals surface area contributed by atoms with Crippen LogP contribution in [-0.2, 0) is 10.5 Å². The highest BCUT2D eigenvalue weighted by Crippen LogP contribution is 2.39. The Morgan fingerprint density at radius 1 is 1.19 bits per heavy atom. The van der Waals surface area contributed by atoms with Crippen molar-refractivity contribution < 1.29 is 13.9 Å². The van der Waals surface area contributed by atoms with Gasteiger partial charge in [-0.15, -0.1) is 16.4 Å². The Kier molecular flexibility index (Phi) is 7.06. The molecule has 0 radical (unpaired) electrons. The highest BCUT2D eigenvalue weighted by Gasteiger charge is 2.35. The van der Waals surface area contributed by atoms with Crippen molar-refractivity contribution in [3.05, 3.63) is 93.6 Å². The van der Waals surface area contributed by atoms with E-state index in [0.29, 0.717) is 51.7 Å². The van der Waals surface area contributed by atoms with Crippen LogP contribution < -0.4 is 15.4 Å². The van der Waals surface area contributed by atoms with Gasteiger partial charge < -0.3 is 15.4 Å². The summed E-state index contributed by atoms with van der Waals surface area (Å²) in [4.78, 5) is 19.2. The van der Waals surface area contributed by atoms with Gasteiger partial charge in [0.05, 0.1) is 17.9 Å². The van der Waals surface area contributed by atoms with E-state index in [9.17, 15) is 9.18 Å². The summed E-state index contributed by atoms with van der Waals surface area (Å²) in [5, 5.41) is 13.4. The number of thioether (sulfide) groups is 1. The molecule has 2 N–H and O–H groups in total. The molecular formula is C26H24FN5O2S2. The number of allylic oxidation sites excluding steroid dienone is 1. The van der Waals surface area contributed by atoms with Gasteiger partial charge in [0.2, 0.25) is 11.1 Å². The largest absolute Gasteiger partial charge is 0.492 e. The number of amides is 1. The van der Waals surface area contributed by atoms with E-state index in [1.54, 1.807) is 34.2 Å². The second kappa shape index (κ2) is 10.5. The fraction of sp³-hybridized carbons (Fsp3) is 0.192. The lowest BCUT2D eigenvalue weighted by atomic mass is 10.0. The zero-order chi connectivity index (χ0) is 25.1. The normalized spacial score (nSPS) is 14.8. The number of aromatic nitrogens is 3. The molecule has 1 aliphatic rings. The van der Waals surface area contributed by atoms with Gasteiger partial charge in [-0.2, -0.15) is 4.98 Å². The van der Waals surface area contributed by atoms with Crippen LogP contribution in [0.15, 0.2) is 82.5 Å². The summed E-state index contributed by atoms with van der Waals surface area (Å²) in [5.41, 5.74) is 2.40. The number of benzene rings is 2. The van der Waals surface area contributed by atoms with E-state index in [-0.39, 0.29) is 11.7 Å². The first-order chi connectivity index (χ1) is 17.5. The zero-order valence-electron chi connectivity index (χ0n) is 19.7. The number of anilines is 2. The zero-order valence-corrected chi connectivity index (χ0v) is 21.3. The molecule has 1 atom stereocenters. The summed E-state index contributed by atoms with van der Waals surface area (Å²) in [5.74, 6) is 1.03. The van der Waals surface area contributed by atoms with Crippen LogP contribution in [0.5, 0.6) is 5.75 Å². The average molecular weight is 522 g/mol. The number of halogens is 1. The van der Waals surface area contributed by atoms with E-state index in [2.05, 4.69) is 15.6 Å². The number of hydrogen-bond donors (Lipinski definition) is 2. The van der Waals surface area contributed by atoms with Crippen molar-refractivity contribution in [3.8, 4) is 5.75 Å². The third kappa shape index (κ3) is 4.87. The maximum Gasteiger partial charge on any atom is 0.256 e. The molecule has 1 amide bonds. The summed E-state index contributed by atoms with van der Waals surface area (Å²) >= 11 is 2.89. The third-order valence-electron chi connectivity index (χ3n) is 5.64. The van der Waals surface area contributed by atoms with E-state index in [1.165, 1.54) is 17.8 Å². The summed E-state index contributed by atoms with van der Waals surface area (Å²) in [6, 6.07) is 17.5. The molecule has 0 bridgehead atoms. The maximum absolute atomic E-state index is 14.1. The van der Waals surface area contributed by atoms with Crippen molar-refractivity contribution >= 4 is 40.6 Å². The molecular weight excluding hydrogens is 497 g/mol. The minimum Gasteiger partial charge on any atom is -0.492 e. The SMILES string of the molecule is CCOc1ccccc1NC(=O)C1=C(C)Nc2nc(SCc3ccccc3F)nn2C1c1cccs1. The summed E-state index contributed by atoms with van der Waals surface area (Å²) in [6.07, 6.45) is 0. The minimum atomic E-state index is -0.462. The number of ether oxygens (including phenoxy) is 1. The number of hydrogen-bond acceptors (Lipinski definition) is 7. The van der Waals surface area contributed by atoms with Gasteiger partial charge in [0.15, 0.2) is 0 Å². The lowest BCUT2D eigenvalue weighted by Gasteiger charge is -2.27. The number of rotatable bonds is 8. The molecule has 0 spiro atoms. The molecule has 36 heavy (non-hydrogen) atoms. The molecule has 1 aliphatic heterocycles. The van der Waals surface area contributed by atoms with Crippen LogP contribution in [0.2, 0.25) is 0 Å². The smallest absolute Gasteiger partial charge is 0.256 e. The van der Waals surface area contributed by atoms with Gasteiger partial charge in [0, 0.05) is 16.3 Å². The van der Waals surface area contributed by atoms with Gasteiger partial charge in [-0.05, 0) is 49.1 Å². The molecule has 3 heterocycles. The van der Waals surface area contributed by atoms with Gasteiger partial charge in [0.25, 0.3) is 5.91 Å². The Morgan fingerprint density at radius 2 is 2.00 bits per heavy atom. The molecule has 10 heteroatoms. The van der Waals surface area contributed by atoms with Crippen LogP contribution in [-0.4, -0.2) is 27.3 Å². The number of thiophene rings is 1. The summed E-state index contributed by atoms with van der Waals surface area (Å²) in [6.45, 7) is 4.25. The highest BCUT2D eigenvalue weighted by atomic mass is 32.2. The van der Waals surface area contributed by atoms with Gasteiger partial charge in [-0.1, -0.05) is 48.2 Å². The standard InChI is InChI=1S/C26H24FN5O2S2/c1-3-34-20-12-7-6-11-19(20)29-24(33)22-16(2)28-25-30-26(36-15-17-9-4-5-10-18(17)27)31-32(25)23(22)21-13-8-14-35-21/h4-14,23H,3,15H2,1-2H3,(H,29,33)(H,28,30,31). The topological polar surface area (TPSA) is 81.1 Å². The van der Waals surface area contributed by atoms with Crippen molar-refractivity contribution in [2.24, 2.45) is 0 Å². The van der Waals surface area contributed by atoms with Crippen LogP contribution in [0.4, 0.5) is 16.0 Å². The molecule has 0 fully saturated rings. The second-order valence-corrected chi connectivity index (χ2v) is 9.93. The number of fused-ring (bicyclic) bond motifs is 1. The summed E-state index contributed by atoms with van der Waals surface area (Å²) < 4.78 is 21.5. The average Bonchev–Trinajstić information content (AvgIpc) is 3.54. The number of para-hydroxylation sites is 2. The first-order valence-electron chi connectivity index (χ1n) is 11.4. The number of nitrogens with zero attached hydrogens (tertiary/aromatic N) is 3. The molecule has 0 saturated carbocycles. The molecule has 7 nitrogen and oxygen atoms in total. The van der Waals surface area contributed by atoms with Gasteiger partial charge in [0.1, 0.15) is 17.6 Å². The monoisotopic (exact) mass is 521 g/mol. The van der Waals surface area contributed by atoms with Crippen LogP contribution >= 0.6 is 23.1 Å². The minimum absolute atomic E-state index is 0.257. The highest BCUT2D eigenvalue weighted by molar-refractivity contribution is 7.98. The molecule has 0 aliphatic carbocycles. The molecule has 0 saturated heterocycles. The molecule has 4 aromatic rings. The fourth-order valence-electron chi connectivity index (χ4n) is 4.00. The Balaban J connectivity index is 1.45. The van der Waals surface area contributed by atoms with E-state index in [4.69, 9.17) is 9.84 Å². The predicted octanol–water partition coefficient (Wildman–Crippen LogP) is 6.10. The maximum atomic E-state index is 14.1. The fourth-order valence-corrected chi connectivity index (χ4v) is 5.63. The first-order valence-corrected chi connectivity index (χ1v) is 13.3. The van der Waals surface area contributed by atoms with Crippen LogP contribution in [0.25, 0.3) is 0 Å². The molecule has 2 aromatic carbocycles. The van der Waals surface area contributed by atoms with Crippen molar-refractivity contribution in [3.63, 3.8) is 0 Å². The van der Waals surface area contributed by atoms with Crippen LogP contribution in [0.3, 0.4) is 0 Å². The van der Waals surface area contributed by atoms with Crippen LogP contribution in [0.1, 0.15) is 30.3 Å². The second-order valence-electron chi connectivity index (χ2n) is 8.01. The molecule has 2 aromatic heterocycles. The Labute approximate surface area is 216 Å². The number of nitrogens with one attached hydrogen (secondary N) is 2. The molecule has 184 valence electrons. The summed E-state index contributed by atoms with van der Waals surface area (Å²) in [7, 11) is 0. The Hall–Kier alpha value is -3.63.